The van der Waals surface area contributed by atoms with Gasteiger partial charge in [0.1, 0.15) is 18.0 Å². The van der Waals surface area contributed by atoms with Gasteiger partial charge in [-0.3, -0.25) is 4.98 Å². The lowest BCUT2D eigenvalue weighted by molar-refractivity contribution is 1.04. The minimum atomic E-state index is 0.619. The molecule has 0 aliphatic rings. The van der Waals surface area contributed by atoms with Crippen molar-refractivity contribution in [3.63, 3.8) is 0 Å². The van der Waals surface area contributed by atoms with E-state index in [0.29, 0.717) is 12.4 Å². The summed E-state index contributed by atoms with van der Waals surface area (Å²) in [6.45, 7) is 2.57. The second-order valence-corrected chi connectivity index (χ2v) is 3.56. The Morgan fingerprint density at radius 1 is 1.29 bits per heavy atom. The molecule has 0 spiro atoms. The van der Waals surface area contributed by atoms with E-state index in [0.717, 1.165) is 16.9 Å². The predicted octanol–water partition coefficient (Wildman–Crippen LogP) is 1.08. The zero-order valence-electron chi connectivity index (χ0n) is 9.51. The van der Waals surface area contributed by atoms with Gasteiger partial charge in [-0.1, -0.05) is 6.07 Å². The summed E-state index contributed by atoms with van der Waals surface area (Å²) < 4.78 is 0. The van der Waals surface area contributed by atoms with E-state index in [-0.39, 0.29) is 0 Å². The number of rotatable bonds is 4. The Morgan fingerprint density at radius 3 is 2.82 bits per heavy atom. The third kappa shape index (κ3) is 2.67. The predicted molar refractivity (Wildman–Crippen MR) is 66.1 cm³/mol. The molecule has 0 atom stereocenters. The molecule has 0 saturated heterocycles. The molecule has 2 heterocycles. The van der Waals surface area contributed by atoms with Crippen LogP contribution >= 0.6 is 0 Å². The molecule has 0 unspecified atom stereocenters. The van der Waals surface area contributed by atoms with Crippen LogP contribution in [-0.4, -0.2) is 15.0 Å². The van der Waals surface area contributed by atoms with Crippen molar-refractivity contribution in [3.05, 3.63) is 42.0 Å². The van der Waals surface area contributed by atoms with E-state index in [1.165, 1.54) is 6.33 Å². The Kier molecular flexibility index (Phi) is 3.46. The van der Waals surface area contributed by atoms with Crippen LogP contribution in [0.3, 0.4) is 0 Å². The van der Waals surface area contributed by atoms with Crippen LogP contribution in [0.5, 0.6) is 0 Å². The van der Waals surface area contributed by atoms with Gasteiger partial charge < -0.3 is 10.7 Å². The fourth-order valence-corrected chi connectivity index (χ4v) is 1.46. The Balaban J connectivity index is 2.09. The molecule has 0 fully saturated rings. The molecule has 0 amide bonds. The number of aromatic nitrogens is 3. The summed E-state index contributed by atoms with van der Waals surface area (Å²) in [6, 6.07) is 3.90. The highest BCUT2D eigenvalue weighted by Crippen LogP contribution is 2.17. The fourth-order valence-electron chi connectivity index (χ4n) is 1.46. The number of hydrogen-bond donors (Lipinski definition) is 3. The molecule has 88 valence electrons. The number of anilines is 2. The van der Waals surface area contributed by atoms with Gasteiger partial charge in [-0.05, 0) is 18.6 Å². The molecule has 0 aliphatic carbocycles. The van der Waals surface area contributed by atoms with Crippen LogP contribution in [0.4, 0.5) is 11.6 Å². The van der Waals surface area contributed by atoms with E-state index in [2.05, 4.69) is 25.7 Å². The molecule has 2 aromatic rings. The highest BCUT2D eigenvalue weighted by atomic mass is 15.3. The van der Waals surface area contributed by atoms with Crippen molar-refractivity contribution < 1.29 is 0 Å². The molecule has 6 heteroatoms. The van der Waals surface area contributed by atoms with Gasteiger partial charge in [0.05, 0.1) is 0 Å². The first-order valence-corrected chi connectivity index (χ1v) is 5.22. The summed E-state index contributed by atoms with van der Waals surface area (Å²) in [5.74, 6) is 6.73. The van der Waals surface area contributed by atoms with Crippen molar-refractivity contribution in [2.45, 2.75) is 13.5 Å². The topological polar surface area (TPSA) is 88.8 Å². The van der Waals surface area contributed by atoms with Gasteiger partial charge in [0, 0.05) is 24.5 Å². The first-order valence-electron chi connectivity index (χ1n) is 5.22. The van der Waals surface area contributed by atoms with Crippen molar-refractivity contribution in [3.8, 4) is 0 Å². The summed E-state index contributed by atoms with van der Waals surface area (Å²) >= 11 is 0. The third-order valence-corrected chi connectivity index (χ3v) is 2.40. The summed E-state index contributed by atoms with van der Waals surface area (Å²) in [5.41, 5.74) is 4.51. The van der Waals surface area contributed by atoms with Gasteiger partial charge in [0.25, 0.3) is 0 Å². The summed E-state index contributed by atoms with van der Waals surface area (Å²) in [7, 11) is 0. The number of nitrogens with zero attached hydrogens (tertiary/aromatic N) is 3. The smallest absolute Gasteiger partial charge is 0.148 e. The molecule has 0 saturated carbocycles. The minimum Gasteiger partial charge on any atom is -0.366 e. The maximum Gasteiger partial charge on any atom is 0.148 e. The first-order chi connectivity index (χ1) is 8.31. The van der Waals surface area contributed by atoms with Crippen molar-refractivity contribution in [1.29, 1.82) is 0 Å². The molecule has 4 N–H and O–H groups in total. The molecule has 17 heavy (non-hydrogen) atoms. The highest BCUT2D eigenvalue weighted by molar-refractivity contribution is 5.55. The fraction of sp³-hybridized carbons (Fsp3) is 0.182. The molecule has 0 radical (unpaired) electrons. The van der Waals surface area contributed by atoms with Gasteiger partial charge in [-0.15, -0.1) is 0 Å². The van der Waals surface area contributed by atoms with Crippen LogP contribution in [0.1, 0.15) is 11.1 Å². The van der Waals surface area contributed by atoms with E-state index in [1.807, 2.05) is 25.3 Å². The number of hydrogen-bond acceptors (Lipinski definition) is 6. The van der Waals surface area contributed by atoms with Gasteiger partial charge in [-0.2, -0.15) is 0 Å². The zero-order valence-corrected chi connectivity index (χ0v) is 9.51. The second-order valence-electron chi connectivity index (χ2n) is 3.56. The third-order valence-electron chi connectivity index (χ3n) is 2.40. The second kappa shape index (κ2) is 5.22. The average Bonchev–Trinajstić information content (AvgIpc) is 2.39. The average molecular weight is 230 g/mol. The number of nitrogens with one attached hydrogen (secondary N) is 2. The van der Waals surface area contributed by atoms with E-state index in [1.54, 1.807) is 6.20 Å². The molecule has 0 aromatic carbocycles. The molecule has 6 nitrogen and oxygen atoms in total. The van der Waals surface area contributed by atoms with Crippen LogP contribution in [0.25, 0.3) is 0 Å². The van der Waals surface area contributed by atoms with Gasteiger partial charge in [0.15, 0.2) is 0 Å². The van der Waals surface area contributed by atoms with Crippen molar-refractivity contribution in [2.75, 3.05) is 10.7 Å². The first kappa shape index (κ1) is 11.3. The number of hydrazine groups is 1. The van der Waals surface area contributed by atoms with Gasteiger partial charge in [-0.25, -0.2) is 15.8 Å². The lowest BCUT2D eigenvalue weighted by atomic mass is 10.2. The monoisotopic (exact) mass is 230 g/mol. The van der Waals surface area contributed by atoms with E-state index < -0.39 is 0 Å². The normalized spacial score (nSPS) is 10.0. The zero-order chi connectivity index (χ0) is 12.1. The maximum atomic E-state index is 5.35. The standard InChI is InChI=1S/C11H14N6/c1-8-10(15-7-16-11(8)17-12)14-6-9-3-2-4-13-5-9/h2-5,7H,6,12H2,1H3,(H2,14,15,16,17). The van der Waals surface area contributed by atoms with Crippen molar-refractivity contribution in [2.24, 2.45) is 5.84 Å². The van der Waals surface area contributed by atoms with Gasteiger partial charge in [0.2, 0.25) is 0 Å². The molecule has 2 rings (SSSR count). The van der Waals surface area contributed by atoms with E-state index in [9.17, 15) is 0 Å². The van der Waals surface area contributed by atoms with Crippen LogP contribution < -0.4 is 16.6 Å². The highest BCUT2D eigenvalue weighted by Gasteiger charge is 2.05. The quantitative estimate of drug-likeness (QED) is 0.538. The van der Waals surface area contributed by atoms with Crippen LogP contribution in [0.2, 0.25) is 0 Å². The van der Waals surface area contributed by atoms with Crippen LogP contribution in [0.15, 0.2) is 30.9 Å². The number of pyridine rings is 1. The summed E-state index contributed by atoms with van der Waals surface area (Å²) in [4.78, 5) is 12.2. The maximum absolute atomic E-state index is 5.35. The number of nitrogen functional groups attached to an aromatic ring is 1. The molecule has 0 aliphatic heterocycles. The Bertz CT molecular complexity index is 485. The molecule has 0 bridgehead atoms. The Hall–Kier alpha value is -2.21. The molecule has 2 aromatic heterocycles. The van der Waals surface area contributed by atoms with E-state index in [4.69, 9.17) is 5.84 Å². The number of nitrogens with two attached hydrogens (primary N) is 1. The minimum absolute atomic E-state index is 0.619. The summed E-state index contributed by atoms with van der Waals surface area (Å²) in [5, 5.41) is 3.22. The molecular formula is C11H14N6. The van der Waals surface area contributed by atoms with E-state index >= 15 is 0 Å². The van der Waals surface area contributed by atoms with Crippen LogP contribution in [0, 0.1) is 6.92 Å². The Labute approximate surface area is 99.3 Å². The van der Waals surface area contributed by atoms with Crippen molar-refractivity contribution >= 4 is 11.6 Å². The van der Waals surface area contributed by atoms with Gasteiger partial charge >= 0.3 is 0 Å². The largest absolute Gasteiger partial charge is 0.366 e. The SMILES string of the molecule is Cc1c(NN)ncnc1NCc1cccnc1. The van der Waals surface area contributed by atoms with Crippen molar-refractivity contribution in [1.82, 2.24) is 15.0 Å². The Morgan fingerprint density at radius 2 is 2.12 bits per heavy atom. The lowest BCUT2D eigenvalue weighted by Crippen LogP contribution is -2.12. The van der Waals surface area contributed by atoms with Crippen LogP contribution in [-0.2, 0) is 6.54 Å². The lowest BCUT2D eigenvalue weighted by Gasteiger charge is -2.10. The molecular weight excluding hydrogens is 216 g/mol. The summed E-state index contributed by atoms with van der Waals surface area (Å²) in [6.07, 6.45) is 5.02.